The summed E-state index contributed by atoms with van der Waals surface area (Å²) >= 11 is 0. The first-order valence-electron chi connectivity index (χ1n) is 10.9. The van der Waals surface area contributed by atoms with Crippen molar-refractivity contribution in [2.45, 2.75) is 39.8 Å². The lowest BCUT2D eigenvalue weighted by atomic mass is 9.91. The molecule has 0 atom stereocenters. The molecule has 0 spiro atoms. The number of benzene rings is 2. The highest BCUT2D eigenvalue weighted by Crippen LogP contribution is 2.40. The van der Waals surface area contributed by atoms with Crippen LogP contribution in [0.15, 0.2) is 36.4 Å². The fourth-order valence-electron chi connectivity index (χ4n) is 4.23. The van der Waals surface area contributed by atoms with Crippen LogP contribution in [0.1, 0.15) is 37.2 Å². The molecular formula is C25H21F4N5. The van der Waals surface area contributed by atoms with Crippen molar-refractivity contribution in [3.8, 4) is 11.8 Å². The van der Waals surface area contributed by atoms with E-state index < -0.39 is 17.4 Å². The van der Waals surface area contributed by atoms with Gasteiger partial charge in [-0.2, -0.15) is 18.2 Å². The van der Waals surface area contributed by atoms with Crippen LogP contribution in [0.5, 0.6) is 0 Å². The minimum Gasteiger partial charge on any atom is -0.325 e. The molecule has 2 aromatic carbocycles. The second kappa shape index (κ2) is 7.69. The first kappa shape index (κ1) is 22.1. The van der Waals surface area contributed by atoms with Crippen LogP contribution in [0.3, 0.4) is 0 Å². The van der Waals surface area contributed by atoms with Gasteiger partial charge in [0.1, 0.15) is 22.9 Å². The van der Waals surface area contributed by atoms with E-state index in [0.29, 0.717) is 53.3 Å². The van der Waals surface area contributed by atoms with Gasteiger partial charge in [0.2, 0.25) is 0 Å². The molecule has 5 rings (SSSR count). The average Bonchev–Trinajstić information content (AvgIpc) is 3.17. The molecule has 0 fully saturated rings. The molecule has 0 amide bonds. The Morgan fingerprint density at radius 1 is 1.03 bits per heavy atom. The number of halogens is 4. The maximum absolute atomic E-state index is 15.1. The number of hydrogen-bond acceptors (Lipinski definition) is 4. The van der Waals surface area contributed by atoms with E-state index in [1.165, 1.54) is 6.07 Å². The summed E-state index contributed by atoms with van der Waals surface area (Å²) in [6.45, 7) is 4.47. The van der Waals surface area contributed by atoms with Gasteiger partial charge in [-0.05, 0) is 63.4 Å². The maximum atomic E-state index is 15.1. The third-order valence-electron chi connectivity index (χ3n) is 6.19. The van der Waals surface area contributed by atoms with Crippen LogP contribution in [-0.4, -0.2) is 32.3 Å². The summed E-state index contributed by atoms with van der Waals surface area (Å²) in [7, 11) is 0. The number of rotatable bonds is 1. The van der Waals surface area contributed by atoms with Crippen molar-refractivity contribution in [3.05, 3.63) is 59.2 Å². The van der Waals surface area contributed by atoms with E-state index in [1.54, 1.807) is 35.6 Å². The van der Waals surface area contributed by atoms with Gasteiger partial charge >= 0.3 is 6.18 Å². The van der Waals surface area contributed by atoms with E-state index in [4.69, 9.17) is 0 Å². The van der Waals surface area contributed by atoms with Gasteiger partial charge in [-0.1, -0.05) is 24.0 Å². The lowest BCUT2D eigenvalue weighted by molar-refractivity contribution is -0.190. The van der Waals surface area contributed by atoms with Crippen LogP contribution >= 0.6 is 0 Å². The van der Waals surface area contributed by atoms with Crippen molar-refractivity contribution < 1.29 is 17.6 Å². The van der Waals surface area contributed by atoms with E-state index in [0.717, 1.165) is 25.1 Å². The van der Waals surface area contributed by atoms with E-state index >= 15 is 4.39 Å². The van der Waals surface area contributed by atoms with Gasteiger partial charge in [0.25, 0.3) is 5.78 Å². The molecule has 0 aliphatic carbocycles. The maximum Gasteiger partial charge on any atom is 0.404 e. The number of hydrogen-bond donors (Lipinski definition) is 0. The molecule has 0 saturated carbocycles. The van der Waals surface area contributed by atoms with E-state index in [2.05, 4.69) is 27.0 Å². The van der Waals surface area contributed by atoms with Gasteiger partial charge in [-0.25, -0.2) is 4.39 Å². The second-order valence-electron chi connectivity index (χ2n) is 8.88. The van der Waals surface area contributed by atoms with E-state index in [1.807, 2.05) is 11.0 Å². The highest BCUT2D eigenvalue weighted by Gasteiger charge is 2.46. The van der Waals surface area contributed by atoms with Gasteiger partial charge in [-0.3, -0.25) is 4.40 Å². The monoisotopic (exact) mass is 467 g/mol. The summed E-state index contributed by atoms with van der Waals surface area (Å²) in [5.74, 6) is 6.06. The van der Waals surface area contributed by atoms with Crippen molar-refractivity contribution in [2.24, 2.45) is 5.41 Å². The fourth-order valence-corrected chi connectivity index (χ4v) is 4.23. The molecule has 2 aromatic heterocycles. The first-order chi connectivity index (χ1) is 16.1. The molecule has 9 heteroatoms. The van der Waals surface area contributed by atoms with Crippen LogP contribution in [0.4, 0.5) is 29.1 Å². The van der Waals surface area contributed by atoms with Gasteiger partial charge in [0, 0.05) is 17.8 Å². The minimum atomic E-state index is -4.44. The summed E-state index contributed by atoms with van der Waals surface area (Å²) in [5.41, 5.74) is 0.561. The fraction of sp³-hybridized carbons (Fsp3) is 0.320. The van der Waals surface area contributed by atoms with Crippen LogP contribution in [0, 0.1) is 30.0 Å². The molecule has 0 N–H and O–H groups in total. The molecule has 174 valence electrons. The molecule has 5 nitrogen and oxygen atoms in total. The van der Waals surface area contributed by atoms with Crippen LogP contribution in [0.25, 0.3) is 16.7 Å². The normalized spacial score (nSPS) is 14.3. The van der Waals surface area contributed by atoms with Crippen LogP contribution in [-0.2, 0) is 6.42 Å². The summed E-state index contributed by atoms with van der Waals surface area (Å²) in [5, 5.41) is 8.55. The largest absolute Gasteiger partial charge is 0.404 e. The summed E-state index contributed by atoms with van der Waals surface area (Å²) < 4.78 is 56.8. The number of alkyl halides is 3. The lowest BCUT2D eigenvalue weighted by Crippen LogP contribution is -2.30. The summed E-state index contributed by atoms with van der Waals surface area (Å²) in [4.78, 5) is 6.54. The Morgan fingerprint density at radius 3 is 2.56 bits per heavy atom. The molecule has 34 heavy (non-hydrogen) atoms. The zero-order chi connectivity index (χ0) is 24.3. The third kappa shape index (κ3) is 3.45. The van der Waals surface area contributed by atoms with E-state index in [-0.39, 0.29) is 0 Å². The van der Waals surface area contributed by atoms with Gasteiger partial charge in [-0.15, -0.1) is 10.2 Å². The molecule has 0 saturated heterocycles. The Labute approximate surface area is 193 Å². The number of aromatic nitrogens is 4. The highest BCUT2D eigenvalue weighted by molar-refractivity contribution is 5.94. The standard InChI is InChI=1S/C25H21F4N5/c1-15-31-32-23-30-22(21-18(26)9-5-11-20(21)34(15)23)33-14-6-8-17-16(7-4-10-19(17)33)12-13-24(2,3)25(27,28)29/h4-5,7,9-11H,6,8,14H2,1-3H3. The quantitative estimate of drug-likeness (QED) is 0.264. The molecule has 0 radical (unpaired) electrons. The van der Waals surface area contributed by atoms with Crippen molar-refractivity contribution in [3.63, 3.8) is 0 Å². The number of anilines is 2. The Balaban J connectivity index is 1.70. The molecule has 3 heterocycles. The minimum absolute atomic E-state index is 0.334. The average molecular weight is 467 g/mol. The first-order valence-corrected chi connectivity index (χ1v) is 10.9. The zero-order valence-corrected chi connectivity index (χ0v) is 18.8. The smallest absolute Gasteiger partial charge is 0.325 e. The second-order valence-corrected chi connectivity index (χ2v) is 8.88. The van der Waals surface area contributed by atoms with Crippen LogP contribution in [0.2, 0.25) is 0 Å². The third-order valence-corrected chi connectivity index (χ3v) is 6.19. The molecule has 4 aromatic rings. The molecule has 1 aliphatic rings. The van der Waals surface area contributed by atoms with Crippen molar-refractivity contribution >= 4 is 28.2 Å². The Bertz CT molecular complexity index is 1490. The molecule has 1 aliphatic heterocycles. The molecule has 0 bridgehead atoms. The van der Waals surface area contributed by atoms with Crippen molar-refractivity contribution in [1.29, 1.82) is 0 Å². The van der Waals surface area contributed by atoms with Gasteiger partial charge in [0.05, 0.1) is 10.9 Å². The topological polar surface area (TPSA) is 46.3 Å². The highest BCUT2D eigenvalue weighted by atomic mass is 19.4. The predicted molar refractivity (Wildman–Crippen MR) is 121 cm³/mol. The molecule has 0 unspecified atom stereocenters. The number of fused-ring (bicyclic) bond motifs is 4. The van der Waals surface area contributed by atoms with Crippen molar-refractivity contribution in [1.82, 2.24) is 19.6 Å². The zero-order valence-electron chi connectivity index (χ0n) is 18.8. The number of aryl methyl sites for hydroxylation is 1. The Kier molecular flexibility index (Phi) is 5.01. The van der Waals surface area contributed by atoms with Gasteiger partial charge < -0.3 is 4.90 Å². The van der Waals surface area contributed by atoms with Gasteiger partial charge in [0.15, 0.2) is 0 Å². The SMILES string of the molecule is Cc1nnc2nc(N3CCCc4c(C#CC(C)(C)C(F)(F)F)cccc43)c3c(F)cccc3n12. The Hall–Kier alpha value is -3.67. The summed E-state index contributed by atoms with van der Waals surface area (Å²) in [6.07, 6.45) is -3.08. The summed E-state index contributed by atoms with van der Waals surface area (Å²) in [6, 6.07) is 10.1. The van der Waals surface area contributed by atoms with Crippen LogP contribution < -0.4 is 4.90 Å². The number of nitrogens with zero attached hydrogens (tertiary/aromatic N) is 5. The van der Waals surface area contributed by atoms with E-state index in [9.17, 15) is 13.2 Å². The van der Waals surface area contributed by atoms with Crippen molar-refractivity contribution in [2.75, 3.05) is 11.4 Å². The predicted octanol–water partition coefficient (Wildman–Crippen LogP) is 5.75. The lowest BCUT2D eigenvalue weighted by Gasteiger charge is -2.32. The Morgan fingerprint density at radius 2 is 1.79 bits per heavy atom. The molecular weight excluding hydrogens is 446 g/mol.